The van der Waals surface area contributed by atoms with Crippen molar-refractivity contribution in [3.8, 4) is 11.1 Å². The molecule has 1 saturated heterocycles. The number of nitrogens with zero attached hydrogens (tertiary/aromatic N) is 1. The molecule has 0 spiro atoms. The van der Waals surface area contributed by atoms with E-state index in [-0.39, 0.29) is 30.3 Å². The Hall–Kier alpha value is -3.35. The Morgan fingerprint density at radius 2 is 1.69 bits per heavy atom. The van der Waals surface area contributed by atoms with Crippen molar-refractivity contribution in [3.63, 3.8) is 0 Å². The van der Waals surface area contributed by atoms with Crippen LogP contribution in [0.1, 0.15) is 36.3 Å². The van der Waals surface area contributed by atoms with Gasteiger partial charge in [0.2, 0.25) is 5.91 Å². The first-order valence-electron chi connectivity index (χ1n) is 11.2. The third-order valence-electron chi connectivity index (χ3n) is 6.91. The predicted molar refractivity (Wildman–Crippen MR) is 117 cm³/mol. The number of fused-ring (bicyclic) bond motifs is 3. The number of alkyl carbamates (subject to hydrolysis) is 1. The lowest BCUT2D eigenvalue weighted by Crippen LogP contribution is -2.41. The number of hydrogen-bond donors (Lipinski definition) is 2. The number of nitrogens with one attached hydrogen (secondary N) is 1. The van der Waals surface area contributed by atoms with E-state index < -0.39 is 18.1 Å². The van der Waals surface area contributed by atoms with E-state index in [2.05, 4.69) is 29.6 Å². The summed E-state index contributed by atoms with van der Waals surface area (Å²) in [7, 11) is 0. The summed E-state index contributed by atoms with van der Waals surface area (Å²) in [5.74, 6) is -1.20. The fraction of sp³-hybridized carbons (Fsp3) is 0.400. The lowest BCUT2D eigenvalue weighted by atomic mass is 9.98. The second-order valence-corrected chi connectivity index (χ2v) is 8.84. The molecule has 7 heteroatoms. The Morgan fingerprint density at radius 1 is 1.03 bits per heavy atom. The molecule has 2 amide bonds. The van der Waals surface area contributed by atoms with Gasteiger partial charge in [0.1, 0.15) is 12.6 Å². The van der Waals surface area contributed by atoms with Crippen LogP contribution >= 0.6 is 0 Å². The zero-order valence-corrected chi connectivity index (χ0v) is 17.7. The summed E-state index contributed by atoms with van der Waals surface area (Å²) in [5, 5.41) is 12.1. The number of benzene rings is 2. The largest absolute Gasteiger partial charge is 0.480 e. The van der Waals surface area contributed by atoms with Crippen LogP contribution in [0.4, 0.5) is 4.79 Å². The molecule has 166 valence electrons. The summed E-state index contributed by atoms with van der Waals surface area (Å²) < 4.78 is 5.54. The maximum atomic E-state index is 12.6. The number of hydrogen-bond acceptors (Lipinski definition) is 4. The van der Waals surface area contributed by atoms with Crippen LogP contribution in [-0.2, 0) is 14.3 Å². The molecular weight excluding hydrogens is 408 g/mol. The second kappa shape index (κ2) is 8.30. The van der Waals surface area contributed by atoms with Crippen molar-refractivity contribution < 1.29 is 24.2 Å². The molecule has 7 nitrogen and oxygen atoms in total. The van der Waals surface area contributed by atoms with Crippen LogP contribution in [0.5, 0.6) is 0 Å². The van der Waals surface area contributed by atoms with E-state index in [1.54, 1.807) is 0 Å². The van der Waals surface area contributed by atoms with Crippen molar-refractivity contribution >= 4 is 18.0 Å². The third-order valence-corrected chi connectivity index (χ3v) is 6.91. The van der Waals surface area contributed by atoms with Gasteiger partial charge >= 0.3 is 12.1 Å². The van der Waals surface area contributed by atoms with E-state index >= 15 is 0 Å². The van der Waals surface area contributed by atoms with Gasteiger partial charge in [0.05, 0.1) is 0 Å². The summed E-state index contributed by atoms with van der Waals surface area (Å²) in [6.07, 6.45) is 1.41. The van der Waals surface area contributed by atoms with Gasteiger partial charge in [-0.2, -0.15) is 0 Å². The van der Waals surface area contributed by atoms with Crippen LogP contribution in [0.25, 0.3) is 11.1 Å². The number of likely N-dealkylation sites (tertiary alicyclic amines) is 1. The van der Waals surface area contributed by atoms with Crippen molar-refractivity contribution in [3.05, 3.63) is 59.7 Å². The van der Waals surface area contributed by atoms with Gasteiger partial charge in [0.15, 0.2) is 0 Å². The highest BCUT2D eigenvalue weighted by molar-refractivity contribution is 5.87. The molecule has 3 atom stereocenters. The summed E-state index contributed by atoms with van der Waals surface area (Å²) in [6, 6.07) is 15.6. The lowest BCUT2D eigenvalue weighted by Gasteiger charge is -2.21. The third kappa shape index (κ3) is 3.72. The highest BCUT2D eigenvalue weighted by Gasteiger charge is 2.48. The smallest absolute Gasteiger partial charge is 0.407 e. The monoisotopic (exact) mass is 434 g/mol. The molecule has 0 bridgehead atoms. The normalized spacial score (nSPS) is 23.4. The second-order valence-electron chi connectivity index (χ2n) is 8.84. The predicted octanol–water partition coefficient (Wildman–Crippen LogP) is 3.24. The van der Waals surface area contributed by atoms with E-state index in [0.717, 1.165) is 17.5 Å². The van der Waals surface area contributed by atoms with Gasteiger partial charge in [-0.25, -0.2) is 9.59 Å². The number of carbonyl (C=O) groups excluding carboxylic acids is 2. The number of carboxylic acid groups (broad SMARTS) is 1. The first kappa shape index (κ1) is 20.5. The summed E-state index contributed by atoms with van der Waals surface area (Å²) in [6.45, 7) is 1.11. The molecule has 2 aliphatic carbocycles. The molecular formula is C25H26N2O5. The highest BCUT2D eigenvalue weighted by atomic mass is 16.5. The number of carboxylic acids is 1. The minimum atomic E-state index is -0.940. The van der Waals surface area contributed by atoms with Crippen molar-refractivity contribution in [2.75, 3.05) is 19.7 Å². The molecule has 2 aromatic carbocycles. The van der Waals surface area contributed by atoms with Crippen molar-refractivity contribution in [2.24, 2.45) is 11.8 Å². The molecule has 5 rings (SSSR count). The Balaban J connectivity index is 1.12. The Morgan fingerprint density at radius 3 is 2.34 bits per heavy atom. The van der Waals surface area contributed by atoms with E-state index in [9.17, 15) is 19.5 Å². The Bertz CT molecular complexity index is 1020. The Kier molecular flexibility index (Phi) is 5.33. The van der Waals surface area contributed by atoms with E-state index in [1.807, 2.05) is 24.3 Å². The molecule has 2 N–H and O–H groups in total. The van der Waals surface area contributed by atoms with Crippen molar-refractivity contribution in [1.82, 2.24) is 10.2 Å². The van der Waals surface area contributed by atoms with Gasteiger partial charge in [0.25, 0.3) is 0 Å². The quantitative estimate of drug-likeness (QED) is 0.728. The van der Waals surface area contributed by atoms with Crippen LogP contribution < -0.4 is 5.32 Å². The fourth-order valence-electron chi connectivity index (χ4n) is 5.14. The number of rotatable bonds is 6. The SMILES string of the molecule is O=C(NC[C@H]1C[C@H]1C(=O)N1CCC[C@@H]1C(=O)O)OCC1c2ccccc2-c2ccccc21. The van der Waals surface area contributed by atoms with Gasteiger partial charge in [-0.05, 0) is 47.4 Å². The molecule has 1 aliphatic heterocycles. The van der Waals surface area contributed by atoms with Crippen LogP contribution in [0.3, 0.4) is 0 Å². The minimum Gasteiger partial charge on any atom is -0.480 e. The standard InChI is InChI=1S/C25H26N2O5/c28-23(27-11-5-10-22(27)24(29)30)20-12-15(20)13-26-25(31)32-14-21-18-8-3-1-6-16(18)17-7-2-4-9-19(17)21/h1-4,6-9,15,20-22H,5,10-14H2,(H,26,31)(H,29,30)/t15-,20-,22-/m1/s1. The molecule has 1 heterocycles. The Labute approximate surface area is 186 Å². The fourth-order valence-corrected chi connectivity index (χ4v) is 5.14. The average molecular weight is 434 g/mol. The van der Waals surface area contributed by atoms with Gasteiger partial charge < -0.3 is 20.1 Å². The van der Waals surface area contributed by atoms with Crippen molar-refractivity contribution in [1.29, 1.82) is 0 Å². The molecule has 0 aromatic heterocycles. The van der Waals surface area contributed by atoms with Crippen LogP contribution in [0.2, 0.25) is 0 Å². The van der Waals surface area contributed by atoms with Gasteiger partial charge in [-0.1, -0.05) is 48.5 Å². The van der Waals surface area contributed by atoms with Crippen LogP contribution in [0.15, 0.2) is 48.5 Å². The van der Waals surface area contributed by atoms with Crippen LogP contribution in [0, 0.1) is 11.8 Å². The molecule has 3 aliphatic rings. The molecule has 2 fully saturated rings. The topological polar surface area (TPSA) is 95.9 Å². The van der Waals surface area contributed by atoms with Gasteiger partial charge in [-0.15, -0.1) is 0 Å². The number of ether oxygens (including phenoxy) is 1. The summed E-state index contributed by atoms with van der Waals surface area (Å²) >= 11 is 0. The van der Waals surface area contributed by atoms with Crippen LogP contribution in [-0.4, -0.2) is 53.7 Å². The summed E-state index contributed by atoms with van der Waals surface area (Å²) in [5.41, 5.74) is 4.68. The van der Waals surface area contributed by atoms with Gasteiger partial charge in [0, 0.05) is 24.9 Å². The average Bonchev–Trinajstić information content (AvgIpc) is 3.27. The zero-order chi connectivity index (χ0) is 22.2. The van der Waals surface area contributed by atoms with E-state index in [1.165, 1.54) is 16.0 Å². The number of carbonyl (C=O) groups is 3. The van der Waals surface area contributed by atoms with Crippen molar-refractivity contribution in [2.45, 2.75) is 31.2 Å². The molecule has 1 saturated carbocycles. The maximum absolute atomic E-state index is 12.6. The molecule has 2 aromatic rings. The van der Waals surface area contributed by atoms with Gasteiger partial charge in [-0.3, -0.25) is 4.79 Å². The maximum Gasteiger partial charge on any atom is 0.407 e. The lowest BCUT2D eigenvalue weighted by molar-refractivity contribution is -0.148. The first-order valence-corrected chi connectivity index (χ1v) is 11.2. The molecule has 0 radical (unpaired) electrons. The number of aliphatic carboxylic acids is 1. The number of amides is 2. The molecule has 0 unspecified atom stereocenters. The minimum absolute atomic E-state index is 0.00604. The summed E-state index contributed by atoms with van der Waals surface area (Å²) in [4.78, 5) is 37.8. The first-order chi connectivity index (χ1) is 15.5. The zero-order valence-electron chi connectivity index (χ0n) is 17.7. The van der Waals surface area contributed by atoms with E-state index in [4.69, 9.17) is 4.74 Å². The molecule has 32 heavy (non-hydrogen) atoms. The van der Waals surface area contributed by atoms with E-state index in [0.29, 0.717) is 25.9 Å². The highest BCUT2D eigenvalue weighted by Crippen LogP contribution is 2.44.